The average molecular weight is 210 g/mol. The van der Waals surface area contributed by atoms with E-state index in [-0.39, 0.29) is 6.42 Å². The number of hydrogen-bond donors (Lipinski definition) is 1. The van der Waals surface area contributed by atoms with E-state index in [4.69, 9.17) is 0 Å². The van der Waals surface area contributed by atoms with Crippen molar-refractivity contribution in [3.8, 4) is 0 Å². The molecule has 1 heterocycles. The van der Waals surface area contributed by atoms with E-state index in [0.717, 1.165) is 0 Å². The Bertz CT molecular complexity index is 179. The summed E-state index contributed by atoms with van der Waals surface area (Å²) in [6, 6.07) is -0.391. The summed E-state index contributed by atoms with van der Waals surface area (Å²) in [6.45, 7) is 1.19. The largest absolute Gasteiger partial charge is 0.393 e. The van der Waals surface area contributed by atoms with Crippen molar-refractivity contribution in [3.63, 3.8) is 0 Å². The van der Waals surface area contributed by atoms with Crippen LogP contribution in [0, 0.1) is 5.92 Å². The van der Waals surface area contributed by atoms with Gasteiger partial charge in [-0.25, -0.2) is 0 Å². The Hall–Kier alpha value is -0.290. The van der Waals surface area contributed by atoms with Crippen LogP contribution in [0.4, 0.5) is 13.2 Å². The second kappa shape index (κ2) is 4.49. The summed E-state index contributed by atoms with van der Waals surface area (Å²) in [6.07, 6.45) is -3.25. The maximum absolute atomic E-state index is 12.5. The average Bonchev–Trinajstić information content (AvgIpc) is 2.46. The molecule has 14 heavy (non-hydrogen) atoms. The lowest BCUT2D eigenvalue weighted by molar-refractivity contribution is -0.176. The Kier molecular flexibility index (Phi) is 3.78. The van der Waals surface area contributed by atoms with Gasteiger partial charge in [-0.15, -0.1) is 0 Å². The van der Waals surface area contributed by atoms with Crippen LogP contribution in [-0.4, -0.2) is 44.3 Å². The van der Waals surface area contributed by atoms with Crippen molar-refractivity contribution < 1.29 is 13.2 Å². The van der Waals surface area contributed by atoms with Crippen LogP contribution in [0.15, 0.2) is 0 Å². The molecule has 0 aliphatic carbocycles. The summed E-state index contributed by atoms with van der Waals surface area (Å²) >= 11 is 0. The number of halogens is 3. The summed E-state index contributed by atoms with van der Waals surface area (Å²) in [4.78, 5) is 1.91. The summed E-state index contributed by atoms with van der Waals surface area (Å²) in [5.74, 6) is -1.15. The lowest BCUT2D eigenvalue weighted by atomic mass is 9.97. The number of rotatable bonds is 3. The predicted octanol–water partition coefficient (Wildman–Crippen LogP) is 1.48. The maximum Gasteiger partial charge on any atom is 0.393 e. The Morgan fingerprint density at radius 3 is 2.50 bits per heavy atom. The van der Waals surface area contributed by atoms with Gasteiger partial charge in [-0.3, -0.25) is 0 Å². The molecule has 1 fully saturated rings. The molecule has 0 aromatic heterocycles. The normalized spacial score (nSPS) is 28.7. The van der Waals surface area contributed by atoms with Crippen molar-refractivity contribution in [1.82, 2.24) is 10.2 Å². The number of nitrogens with zero attached hydrogens (tertiary/aromatic N) is 1. The van der Waals surface area contributed by atoms with Crippen LogP contribution in [0.5, 0.6) is 0 Å². The molecule has 2 atom stereocenters. The minimum atomic E-state index is -4.04. The van der Waals surface area contributed by atoms with Crippen molar-refractivity contribution in [3.05, 3.63) is 0 Å². The van der Waals surface area contributed by atoms with Crippen molar-refractivity contribution >= 4 is 0 Å². The first-order chi connectivity index (χ1) is 6.41. The molecule has 0 spiro atoms. The second-order valence-electron chi connectivity index (χ2n) is 4.09. The standard InChI is InChI=1S/C9H17F3N2/c1-14(2)6-4-8-7(3-5-13-8)9(10,11)12/h7-8,13H,3-6H2,1-2H3/t7-,8?/m0/s1. The van der Waals surface area contributed by atoms with Gasteiger partial charge in [-0.1, -0.05) is 0 Å². The minimum absolute atomic E-state index is 0.224. The van der Waals surface area contributed by atoms with Crippen LogP contribution < -0.4 is 5.32 Å². The zero-order valence-corrected chi connectivity index (χ0v) is 8.56. The van der Waals surface area contributed by atoms with Crippen molar-refractivity contribution in [2.45, 2.75) is 25.1 Å². The number of nitrogens with one attached hydrogen (secondary N) is 1. The SMILES string of the molecule is CN(C)CCC1NCC[C@@H]1C(F)(F)F. The zero-order chi connectivity index (χ0) is 10.8. The van der Waals surface area contributed by atoms with Crippen LogP contribution >= 0.6 is 0 Å². The fourth-order valence-electron chi connectivity index (χ4n) is 1.86. The van der Waals surface area contributed by atoms with Gasteiger partial charge in [0.1, 0.15) is 0 Å². The van der Waals surface area contributed by atoms with Crippen molar-refractivity contribution in [2.75, 3.05) is 27.2 Å². The maximum atomic E-state index is 12.5. The molecule has 1 rings (SSSR count). The first-order valence-corrected chi connectivity index (χ1v) is 4.86. The smallest absolute Gasteiger partial charge is 0.313 e. The molecule has 0 radical (unpaired) electrons. The molecule has 0 aromatic carbocycles. The molecular formula is C9H17F3N2. The van der Waals surface area contributed by atoms with E-state index in [1.165, 1.54) is 0 Å². The Morgan fingerprint density at radius 2 is 2.00 bits per heavy atom. The highest BCUT2D eigenvalue weighted by Gasteiger charge is 2.46. The Balaban J connectivity index is 2.43. The van der Waals surface area contributed by atoms with Gasteiger partial charge in [0.2, 0.25) is 0 Å². The molecule has 1 unspecified atom stereocenters. The minimum Gasteiger partial charge on any atom is -0.313 e. The van der Waals surface area contributed by atoms with Gasteiger partial charge < -0.3 is 10.2 Å². The lowest BCUT2D eigenvalue weighted by Crippen LogP contribution is -2.37. The van der Waals surface area contributed by atoms with E-state index in [0.29, 0.717) is 19.5 Å². The molecular weight excluding hydrogens is 193 g/mol. The fourth-order valence-corrected chi connectivity index (χ4v) is 1.86. The van der Waals surface area contributed by atoms with Crippen molar-refractivity contribution in [2.24, 2.45) is 5.92 Å². The summed E-state index contributed by atoms with van der Waals surface area (Å²) < 4.78 is 37.4. The van der Waals surface area contributed by atoms with Gasteiger partial charge in [0.25, 0.3) is 0 Å². The number of alkyl halides is 3. The van der Waals surface area contributed by atoms with Gasteiger partial charge in [0.15, 0.2) is 0 Å². The van der Waals surface area contributed by atoms with Crippen LogP contribution in [0.25, 0.3) is 0 Å². The molecule has 2 nitrogen and oxygen atoms in total. The predicted molar refractivity (Wildman–Crippen MR) is 49.1 cm³/mol. The third-order valence-electron chi connectivity index (χ3n) is 2.66. The monoisotopic (exact) mass is 210 g/mol. The quantitative estimate of drug-likeness (QED) is 0.759. The summed E-state index contributed by atoms with van der Waals surface area (Å²) in [7, 11) is 3.75. The fraction of sp³-hybridized carbons (Fsp3) is 1.00. The highest BCUT2D eigenvalue weighted by Crippen LogP contribution is 2.35. The Morgan fingerprint density at radius 1 is 1.36 bits per heavy atom. The highest BCUT2D eigenvalue weighted by molar-refractivity contribution is 4.88. The van der Waals surface area contributed by atoms with E-state index in [1.54, 1.807) is 0 Å². The first kappa shape index (κ1) is 11.8. The van der Waals surface area contributed by atoms with Crippen LogP contribution in [-0.2, 0) is 0 Å². The molecule has 0 bridgehead atoms. The lowest BCUT2D eigenvalue weighted by Gasteiger charge is -2.23. The van der Waals surface area contributed by atoms with E-state index < -0.39 is 18.1 Å². The molecule has 1 N–H and O–H groups in total. The number of hydrogen-bond acceptors (Lipinski definition) is 2. The van der Waals surface area contributed by atoms with E-state index in [9.17, 15) is 13.2 Å². The van der Waals surface area contributed by atoms with Gasteiger partial charge in [0, 0.05) is 6.04 Å². The molecule has 0 aromatic rings. The van der Waals surface area contributed by atoms with Crippen molar-refractivity contribution in [1.29, 1.82) is 0 Å². The molecule has 0 amide bonds. The van der Waals surface area contributed by atoms with E-state index in [2.05, 4.69) is 5.32 Å². The van der Waals surface area contributed by atoms with Crippen LogP contribution in [0.1, 0.15) is 12.8 Å². The third-order valence-corrected chi connectivity index (χ3v) is 2.66. The molecule has 0 saturated carbocycles. The van der Waals surface area contributed by atoms with Gasteiger partial charge in [-0.05, 0) is 40.0 Å². The topological polar surface area (TPSA) is 15.3 Å². The van der Waals surface area contributed by atoms with Crippen LogP contribution in [0.2, 0.25) is 0 Å². The molecule has 1 aliphatic heterocycles. The molecule has 5 heteroatoms. The van der Waals surface area contributed by atoms with Gasteiger partial charge in [-0.2, -0.15) is 13.2 Å². The first-order valence-electron chi connectivity index (χ1n) is 4.86. The van der Waals surface area contributed by atoms with Gasteiger partial charge in [0.05, 0.1) is 5.92 Å². The highest BCUT2D eigenvalue weighted by atomic mass is 19.4. The van der Waals surface area contributed by atoms with E-state index in [1.807, 2.05) is 19.0 Å². The third kappa shape index (κ3) is 3.13. The molecule has 1 saturated heterocycles. The molecule has 1 aliphatic rings. The Labute approximate surface area is 82.5 Å². The van der Waals surface area contributed by atoms with E-state index >= 15 is 0 Å². The van der Waals surface area contributed by atoms with Crippen LogP contribution in [0.3, 0.4) is 0 Å². The second-order valence-corrected chi connectivity index (χ2v) is 4.09. The summed E-state index contributed by atoms with van der Waals surface area (Å²) in [5, 5.41) is 2.92. The zero-order valence-electron chi connectivity index (χ0n) is 8.56. The van der Waals surface area contributed by atoms with Gasteiger partial charge >= 0.3 is 6.18 Å². The summed E-state index contributed by atoms with van der Waals surface area (Å²) in [5.41, 5.74) is 0. The molecule has 84 valence electrons.